The average molecular weight is 317 g/mol. The number of hydrogen-bond acceptors (Lipinski definition) is 8. The molecule has 0 aromatic carbocycles. The number of ether oxygens (including phenoxy) is 1. The van der Waals surface area contributed by atoms with Crippen LogP contribution in [-0.4, -0.2) is 80.0 Å². The normalized spacial score (nSPS) is 34.8. The number of carbonyl (C=O) groups is 1. The molecule has 1 rings (SSSR count). The fraction of sp³-hybridized carbons (Fsp3) is 0.875. The Hall–Kier alpha value is -0.620. The smallest absolute Gasteiger partial charge is 0.388 e. The van der Waals surface area contributed by atoms with Crippen LogP contribution in [0.2, 0.25) is 0 Å². The SMILES string of the molecule is O=C(CO)N[C@H]1[C@@H](O)[C@H](O)[C@@H](COP(=O)(O)O)O[C@H]1O. The number of hydrogen-bond donors (Lipinski definition) is 7. The largest absolute Gasteiger partial charge is 0.469 e. The number of phosphoric ester groups is 1. The highest BCUT2D eigenvalue weighted by molar-refractivity contribution is 7.46. The monoisotopic (exact) mass is 317 g/mol. The minimum atomic E-state index is -4.80. The van der Waals surface area contributed by atoms with Crippen LogP contribution in [0.1, 0.15) is 0 Å². The van der Waals surface area contributed by atoms with Crippen LogP contribution in [0.3, 0.4) is 0 Å². The lowest BCUT2D eigenvalue weighted by Gasteiger charge is -2.40. The van der Waals surface area contributed by atoms with Crippen molar-refractivity contribution in [2.75, 3.05) is 13.2 Å². The van der Waals surface area contributed by atoms with Gasteiger partial charge in [-0.1, -0.05) is 0 Å². The third kappa shape index (κ3) is 4.74. The Balaban J connectivity index is 2.66. The van der Waals surface area contributed by atoms with Crippen LogP contribution in [-0.2, 0) is 18.6 Å². The summed E-state index contributed by atoms with van der Waals surface area (Å²) in [6.45, 7) is -1.67. The summed E-state index contributed by atoms with van der Waals surface area (Å²) in [6.07, 6.45) is -6.52. The van der Waals surface area contributed by atoms with Crippen molar-refractivity contribution in [2.45, 2.75) is 30.6 Å². The minimum Gasteiger partial charge on any atom is -0.388 e. The van der Waals surface area contributed by atoms with Crippen molar-refractivity contribution in [3.05, 3.63) is 0 Å². The fourth-order valence-electron chi connectivity index (χ4n) is 1.64. The van der Waals surface area contributed by atoms with Gasteiger partial charge in [0.2, 0.25) is 5.91 Å². The highest BCUT2D eigenvalue weighted by Crippen LogP contribution is 2.36. The molecular formula is C8H16NO10P. The summed E-state index contributed by atoms with van der Waals surface area (Å²) < 4.78 is 19.4. The Labute approximate surface area is 113 Å². The van der Waals surface area contributed by atoms with Crippen LogP contribution in [0.15, 0.2) is 0 Å². The third-order valence-corrected chi connectivity index (χ3v) is 3.08. The van der Waals surface area contributed by atoms with E-state index in [4.69, 9.17) is 19.6 Å². The second kappa shape index (κ2) is 6.89. The number of aliphatic hydroxyl groups excluding tert-OH is 4. The Morgan fingerprint density at radius 2 is 1.85 bits per heavy atom. The molecule has 11 nitrogen and oxygen atoms in total. The van der Waals surface area contributed by atoms with Gasteiger partial charge in [0, 0.05) is 0 Å². The van der Waals surface area contributed by atoms with E-state index in [1.54, 1.807) is 0 Å². The zero-order chi connectivity index (χ0) is 15.5. The zero-order valence-electron chi connectivity index (χ0n) is 10.1. The van der Waals surface area contributed by atoms with Crippen LogP contribution in [0.5, 0.6) is 0 Å². The molecule has 1 saturated heterocycles. The predicted octanol–water partition coefficient (Wildman–Crippen LogP) is -3.99. The van der Waals surface area contributed by atoms with Crippen LogP contribution in [0.4, 0.5) is 0 Å². The number of rotatable bonds is 5. The van der Waals surface area contributed by atoms with E-state index in [0.717, 1.165) is 0 Å². The highest BCUT2D eigenvalue weighted by atomic mass is 31.2. The Morgan fingerprint density at radius 1 is 1.25 bits per heavy atom. The molecule has 12 heteroatoms. The quantitative estimate of drug-likeness (QED) is 0.246. The Kier molecular flexibility index (Phi) is 6.01. The first-order chi connectivity index (χ1) is 9.15. The summed E-state index contributed by atoms with van der Waals surface area (Å²) >= 11 is 0. The molecule has 1 fully saturated rings. The van der Waals surface area contributed by atoms with E-state index < -0.39 is 57.6 Å². The maximum absolute atomic E-state index is 11.0. The molecule has 20 heavy (non-hydrogen) atoms. The molecular weight excluding hydrogens is 301 g/mol. The highest BCUT2D eigenvalue weighted by Gasteiger charge is 2.45. The van der Waals surface area contributed by atoms with Gasteiger partial charge in [-0.25, -0.2) is 4.57 Å². The molecule has 1 aliphatic rings. The van der Waals surface area contributed by atoms with E-state index in [2.05, 4.69) is 4.52 Å². The molecule has 0 spiro atoms. The first-order valence-electron chi connectivity index (χ1n) is 5.45. The number of phosphoric acid groups is 1. The number of amides is 1. The van der Waals surface area contributed by atoms with Gasteiger partial charge in [-0.15, -0.1) is 0 Å². The van der Waals surface area contributed by atoms with Crippen LogP contribution in [0, 0.1) is 0 Å². The summed E-state index contributed by atoms with van der Waals surface area (Å²) in [5.41, 5.74) is 0. The van der Waals surface area contributed by atoms with Crippen LogP contribution >= 0.6 is 7.82 Å². The lowest BCUT2D eigenvalue weighted by Crippen LogP contribution is -2.64. The summed E-state index contributed by atoms with van der Waals surface area (Å²) in [6, 6.07) is -1.41. The maximum Gasteiger partial charge on any atom is 0.469 e. The molecule has 0 aromatic heterocycles. The predicted molar refractivity (Wildman–Crippen MR) is 59.9 cm³/mol. The van der Waals surface area contributed by atoms with Gasteiger partial charge < -0.3 is 40.3 Å². The van der Waals surface area contributed by atoms with Crippen molar-refractivity contribution >= 4 is 13.7 Å². The standard InChI is InChI=1S/C8H16NO10P/c10-1-4(11)9-5-7(13)6(12)3(19-8(5)14)2-18-20(15,16)17/h3,5-8,10,12-14H,1-2H2,(H,9,11)(H2,15,16,17)/t3-,5+,6-,7-,8-/m1/s1. The van der Waals surface area contributed by atoms with Gasteiger partial charge in [-0.05, 0) is 0 Å². The van der Waals surface area contributed by atoms with Crippen LogP contribution in [0.25, 0.3) is 0 Å². The van der Waals surface area contributed by atoms with E-state index in [9.17, 15) is 24.7 Å². The fourth-order valence-corrected chi connectivity index (χ4v) is 1.98. The first-order valence-corrected chi connectivity index (χ1v) is 6.98. The van der Waals surface area contributed by atoms with Gasteiger partial charge >= 0.3 is 7.82 Å². The average Bonchev–Trinajstić information content (AvgIpc) is 2.36. The molecule has 0 bridgehead atoms. The third-order valence-electron chi connectivity index (χ3n) is 2.60. The number of aliphatic hydroxyl groups is 4. The van der Waals surface area contributed by atoms with Crippen molar-refractivity contribution in [1.29, 1.82) is 0 Å². The topological polar surface area (TPSA) is 186 Å². The molecule has 0 saturated carbocycles. The molecule has 1 amide bonds. The second-order valence-corrected chi connectivity index (χ2v) is 5.32. The molecule has 0 radical (unpaired) electrons. The van der Waals surface area contributed by atoms with Crippen LogP contribution < -0.4 is 5.32 Å². The molecule has 0 aromatic rings. The molecule has 0 aliphatic carbocycles. The van der Waals surface area contributed by atoms with Crippen molar-refractivity contribution < 1.29 is 48.8 Å². The van der Waals surface area contributed by atoms with Gasteiger partial charge in [0.1, 0.15) is 31.0 Å². The van der Waals surface area contributed by atoms with E-state index in [1.165, 1.54) is 0 Å². The summed E-state index contributed by atoms with van der Waals surface area (Å²) in [4.78, 5) is 28.0. The summed E-state index contributed by atoms with van der Waals surface area (Å²) in [5, 5.41) is 39.5. The number of nitrogens with one attached hydrogen (secondary N) is 1. The molecule has 118 valence electrons. The van der Waals surface area contributed by atoms with Crippen molar-refractivity contribution in [1.82, 2.24) is 5.32 Å². The summed E-state index contributed by atoms with van der Waals surface area (Å²) in [5.74, 6) is -0.909. The lowest BCUT2D eigenvalue weighted by molar-refractivity contribution is -0.253. The maximum atomic E-state index is 11.0. The van der Waals surface area contributed by atoms with Gasteiger partial charge in [0.25, 0.3) is 0 Å². The first kappa shape index (κ1) is 17.4. The van der Waals surface area contributed by atoms with E-state index in [-0.39, 0.29) is 0 Å². The second-order valence-electron chi connectivity index (χ2n) is 4.08. The van der Waals surface area contributed by atoms with Crippen molar-refractivity contribution in [3.8, 4) is 0 Å². The van der Waals surface area contributed by atoms with E-state index in [1.807, 2.05) is 5.32 Å². The molecule has 1 heterocycles. The van der Waals surface area contributed by atoms with Gasteiger partial charge in [0.15, 0.2) is 6.29 Å². The van der Waals surface area contributed by atoms with E-state index >= 15 is 0 Å². The van der Waals surface area contributed by atoms with E-state index in [0.29, 0.717) is 0 Å². The van der Waals surface area contributed by atoms with Gasteiger partial charge in [-0.2, -0.15) is 0 Å². The molecule has 5 atom stereocenters. The van der Waals surface area contributed by atoms with Crippen molar-refractivity contribution in [2.24, 2.45) is 0 Å². The Morgan fingerprint density at radius 3 is 2.35 bits per heavy atom. The molecule has 0 unspecified atom stereocenters. The minimum absolute atomic E-state index is 0.778. The lowest BCUT2D eigenvalue weighted by atomic mass is 9.97. The molecule has 1 aliphatic heterocycles. The zero-order valence-corrected chi connectivity index (χ0v) is 11.0. The molecule has 7 N–H and O–H groups in total. The van der Waals surface area contributed by atoms with Gasteiger partial charge in [0.05, 0.1) is 6.61 Å². The number of carbonyl (C=O) groups excluding carboxylic acids is 1. The van der Waals surface area contributed by atoms with Crippen molar-refractivity contribution in [3.63, 3.8) is 0 Å². The Bertz CT molecular complexity index is 385. The summed E-state index contributed by atoms with van der Waals surface area (Å²) in [7, 11) is -4.80. The van der Waals surface area contributed by atoms with Gasteiger partial charge in [-0.3, -0.25) is 9.32 Å².